The number of urea groups is 1. The number of carbonyl (C=O) groups excluding carboxylic acids is 4. The summed E-state index contributed by atoms with van der Waals surface area (Å²) in [5.41, 5.74) is 0.754. The van der Waals surface area contributed by atoms with Crippen LogP contribution in [0.15, 0.2) is 53.0 Å². The summed E-state index contributed by atoms with van der Waals surface area (Å²) in [6.45, 7) is 5.56. The lowest BCUT2D eigenvalue weighted by Gasteiger charge is -2.32. The molecule has 0 saturated carbocycles. The van der Waals surface area contributed by atoms with E-state index >= 15 is 0 Å². The summed E-state index contributed by atoms with van der Waals surface area (Å²) in [4.78, 5) is 58.0. The maximum Gasteiger partial charge on any atom is 0.332 e. The number of anilines is 1. The summed E-state index contributed by atoms with van der Waals surface area (Å²) in [6, 6.07) is 13.3. The topological polar surface area (TPSA) is 78.0 Å². The number of halogens is 1. The molecule has 7 nitrogen and oxygen atoms in total. The molecule has 3 saturated heterocycles. The summed E-state index contributed by atoms with van der Waals surface area (Å²) in [5.74, 6) is -2.90. The number of likely N-dealkylation sites (tertiary alicyclic amines) is 1. The number of rotatable bonds is 3. The van der Waals surface area contributed by atoms with Crippen molar-refractivity contribution < 1.29 is 19.2 Å². The molecule has 3 heterocycles. The van der Waals surface area contributed by atoms with E-state index in [1.54, 1.807) is 38.1 Å². The van der Waals surface area contributed by atoms with E-state index in [-0.39, 0.29) is 18.4 Å². The normalized spacial score (nSPS) is 29.2. The number of benzene rings is 2. The van der Waals surface area contributed by atoms with Crippen LogP contribution < -0.4 is 4.90 Å². The standard InChI is InChI=1S/C24H22BrN3O4/c1-4-26-20(29)17-18(21(26)30)24(3)22(31)27(16-7-5-6-15(25)12-16)23(32)28(24)19(17)14-10-8-13(2)9-11-14/h5-12,17-19H,4H2,1-3H3/t17?,18?,19?,24-/m1/s1. The Morgan fingerprint density at radius 2 is 1.69 bits per heavy atom. The number of imide groups is 2. The number of hydrogen-bond acceptors (Lipinski definition) is 4. The van der Waals surface area contributed by atoms with Gasteiger partial charge < -0.3 is 4.90 Å². The molecule has 0 aliphatic carbocycles. The molecule has 3 fully saturated rings. The van der Waals surface area contributed by atoms with Crippen LogP contribution in [-0.4, -0.2) is 45.6 Å². The highest BCUT2D eigenvalue weighted by Gasteiger charge is 2.75. The summed E-state index contributed by atoms with van der Waals surface area (Å²) in [5, 5.41) is 0. The van der Waals surface area contributed by atoms with Gasteiger partial charge in [0, 0.05) is 11.0 Å². The molecule has 5 amide bonds. The second-order valence-electron chi connectivity index (χ2n) is 8.70. The van der Waals surface area contributed by atoms with Crippen molar-refractivity contribution in [2.75, 3.05) is 11.4 Å². The molecule has 0 bridgehead atoms. The first-order valence-corrected chi connectivity index (χ1v) is 11.4. The summed E-state index contributed by atoms with van der Waals surface area (Å²) in [7, 11) is 0. The Bertz CT molecular complexity index is 1180. The van der Waals surface area contributed by atoms with Gasteiger partial charge in [0.25, 0.3) is 5.91 Å². The van der Waals surface area contributed by atoms with Gasteiger partial charge in [0.1, 0.15) is 5.54 Å². The zero-order valence-corrected chi connectivity index (χ0v) is 19.5. The van der Waals surface area contributed by atoms with E-state index in [1.807, 2.05) is 31.2 Å². The zero-order valence-electron chi connectivity index (χ0n) is 17.9. The van der Waals surface area contributed by atoms with Crippen LogP contribution in [0.25, 0.3) is 0 Å². The molecule has 5 rings (SSSR count). The number of hydrogen-bond donors (Lipinski definition) is 0. The summed E-state index contributed by atoms with van der Waals surface area (Å²) >= 11 is 3.39. The van der Waals surface area contributed by atoms with Crippen LogP contribution in [0, 0.1) is 18.8 Å². The van der Waals surface area contributed by atoms with E-state index in [0.29, 0.717) is 5.69 Å². The van der Waals surface area contributed by atoms with Crippen LogP contribution >= 0.6 is 15.9 Å². The molecule has 2 aromatic carbocycles. The van der Waals surface area contributed by atoms with Crippen molar-refractivity contribution in [3.05, 3.63) is 64.1 Å². The second kappa shape index (κ2) is 7.00. The molecule has 32 heavy (non-hydrogen) atoms. The average Bonchev–Trinajstić information content (AvgIpc) is 3.26. The van der Waals surface area contributed by atoms with Crippen molar-refractivity contribution in [1.29, 1.82) is 0 Å². The van der Waals surface area contributed by atoms with Crippen molar-refractivity contribution >= 4 is 45.4 Å². The number of amides is 5. The quantitative estimate of drug-likeness (QED) is 0.480. The molecule has 3 aliphatic rings. The number of aryl methyl sites for hydroxylation is 1. The van der Waals surface area contributed by atoms with E-state index in [1.165, 1.54) is 9.80 Å². The van der Waals surface area contributed by atoms with Crippen LogP contribution in [0.1, 0.15) is 31.0 Å². The lowest BCUT2D eigenvalue weighted by Crippen LogP contribution is -2.51. The predicted molar refractivity (Wildman–Crippen MR) is 121 cm³/mol. The Labute approximate surface area is 194 Å². The maximum atomic E-state index is 13.8. The molecular formula is C24H22BrN3O4. The molecule has 0 radical (unpaired) electrons. The molecule has 0 N–H and O–H groups in total. The number of fused-ring (bicyclic) bond motifs is 3. The Kier molecular flexibility index (Phi) is 4.57. The van der Waals surface area contributed by atoms with Gasteiger partial charge in [-0.2, -0.15) is 0 Å². The van der Waals surface area contributed by atoms with Crippen LogP contribution in [0.3, 0.4) is 0 Å². The second-order valence-corrected chi connectivity index (χ2v) is 9.62. The van der Waals surface area contributed by atoms with Crippen molar-refractivity contribution in [3.63, 3.8) is 0 Å². The van der Waals surface area contributed by atoms with Gasteiger partial charge in [-0.25, -0.2) is 9.69 Å². The molecule has 3 unspecified atom stereocenters. The van der Waals surface area contributed by atoms with Crippen LogP contribution in [0.4, 0.5) is 10.5 Å². The van der Waals surface area contributed by atoms with Crippen LogP contribution in [-0.2, 0) is 14.4 Å². The van der Waals surface area contributed by atoms with Crippen molar-refractivity contribution in [2.45, 2.75) is 32.4 Å². The average molecular weight is 496 g/mol. The zero-order chi connectivity index (χ0) is 22.9. The fraction of sp³-hybridized carbons (Fsp3) is 0.333. The lowest BCUT2D eigenvalue weighted by atomic mass is 9.79. The minimum Gasteiger partial charge on any atom is -0.301 e. The highest BCUT2D eigenvalue weighted by Crippen LogP contribution is 2.58. The summed E-state index contributed by atoms with van der Waals surface area (Å²) in [6.07, 6.45) is 0. The van der Waals surface area contributed by atoms with Gasteiger partial charge in [-0.15, -0.1) is 0 Å². The molecular weight excluding hydrogens is 474 g/mol. The minimum atomic E-state index is -1.45. The first-order valence-electron chi connectivity index (χ1n) is 10.6. The highest BCUT2D eigenvalue weighted by molar-refractivity contribution is 9.10. The fourth-order valence-corrected chi connectivity index (χ4v) is 5.90. The van der Waals surface area contributed by atoms with Gasteiger partial charge >= 0.3 is 6.03 Å². The third-order valence-electron chi connectivity index (χ3n) is 7.00. The van der Waals surface area contributed by atoms with Crippen molar-refractivity contribution in [3.8, 4) is 0 Å². The molecule has 164 valence electrons. The molecule has 0 aromatic heterocycles. The first-order chi connectivity index (χ1) is 15.2. The minimum absolute atomic E-state index is 0.235. The van der Waals surface area contributed by atoms with Gasteiger partial charge in [0.15, 0.2) is 0 Å². The Morgan fingerprint density at radius 1 is 1.00 bits per heavy atom. The Morgan fingerprint density at radius 3 is 2.31 bits per heavy atom. The Balaban J connectivity index is 1.71. The SMILES string of the molecule is CCN1C(=O)C2C(c3ccc(C)cc3)N3C(=O)N(c4cccc(Br)c4)C(=O)[C@@]3(C)C2C1=O. The molecule has 8 heteroatoms. The molecule has 0 spiro atoms. The molecule has 3 aliphatic heterocycles. The molecule has 4 atom stereocenters. The van der Waals surface area contributed by atoms with Gasteiger partial charge in [-0.1, -0.05) is 51.8 Å². The van der Waals surface area contributed by atoms with E-state index in [4.69, 9.17) is 0 Å². The highest BCUT2D eigenvalue weighted by atomic mass is 79.9. The van der Waals surface area contributed by atoms with Gasteiger partial charge in [-0.3, -0.25) is 19.3 Å². The van der Waals surface area contributed by atoms with Gasteiger partial charge in [-0.05, 0) is 44.5 Å². The van der Waals surface area contributed by atoms with Crippen molar-refractivity contribution in [2.24, 2.45) is 11.8 Å². The first kappa shape index (κ1) is 20.9. The molecule has 2 aromatic rings. The third kappa shape index (κ3) is 2.53. The third-order valence-corrected chi connectivity index (χ3v) is 7.49. The van der Waals surface area contributed by atoms with E-state index in [2.05, 4.69) is 15.9 Å². The fourth-order valence-electron chi connectivity index (χ4n) is 5.51. The number of carbonyl (C=O) groups is 4. The van der Waals surface area contributed by atoms with Gasteiger partial charge in [0.05, 0.1) is 23.6 Å². The smallest absolute Gasteiger partial charge is 0.301 e. The van der Waals surface area contributed by atoms with E-state index in [0.717, 1.165) is 20.5 Å². The Hall–Kier alpha value is -3.00. The van der Waals surface area contributed by atoms with E-state index < -0.39 is 35.4 Å². The van der Waals surface area contributed by atoms with Crippen molar-refractivity contribution in [1.82, 2.24) is 9.80 Å². The lowest BCUT2D eigenvalue weighted by molar-refractivity contribution is -0.143. The van der Waals surface area contributed by atoms with Crippen LogP contribution in [0.2, 0.25) is 0 Å². The van der Waals surface area contributed by atoms with E-state index in [9.17, 15) is 19.2 Å². The predicted octanol–water partition coefficient (Wildman–Crippen LogP) is 3.66. The summed E-state index contributed by atoms with van der Waals surface area (Å²) < 4.78 is 0.727. The number of nitrogens with zero attached hydrogens (tertiary/aromatic N) is 3. The largest absolute Gasteiger partial charge is 0.332 e. The maximum absolute atomic E-state index is 13.8. The monoisotopic (exact) mass is 495 g/mol. The van der Waals surface area contributed by atoms with Gasteiger partial charge in [0.2, 0.25) is 11.8 Å². The van der Waals surface area contributed by atoms with Crippen LogP contribution in [0.5, 0.6) is 0 Å².